The van der Waals surface area contributed by atoms with Gasteiger partial charge in [0.2, 0.25) is 0 Å². The molecule has 4 rings (SSSR count). The van der Waals surface area contributed by atoms with Crippen LogP contribution in [0.15, 0.2) is 0 Å². The third-order valence-electron chi connectivity index (χ3n) is 4.64. The zero-order valence-corrected chi connectivity index (χ0v) is 8.46. The molecule has 0 aliphatic heterocycles. The third-order valence-corrected chi connectivity index (χ3v) is 4.64. The molecule has 1 N–H and O–H groups in total. The normalized spacial score (nSPS) is 54.9. The minimum Gasteiger partial charge on any atom is -0.481 e. The predicted octanol–water partition coefficient (Wildman–Crippen LogP) is 2.49. The van der Waals surface area contributed by atoms with Gasteiger partial charge in [-0.3, -0.25) is 4.79 Å². The molecule has 0 spiro atoms. The number of hydrogen-bond acceptors (Lipinski definition) is 1. The first-order chi connectivity index (χ1) is 6.51. The van der Waals surface area contributed by atoms with E-state index in [1.165, 1.54) is 19.3 Å². The summed E-state index contributed by atoms with van der Waals surface area (Å²) >= 11 is 0. The van der Waals surface area contributed by atoms with E-state index in [4.69, 9.17) is 0 Å². The monoisotopic (exact) mass is 193 g/mol. The fraction of sp³-hybridized carbons (Fsp3) is 0.833. The van der Waals surface area contributed by atoms with Gasteiger partial charge in [0.25, 0.3) is 0 Å². The van der Waals surface area contributed by atoms with Crippen LogP contribution in [0.1, 0.15) is 38.5 Å². The van der Waals surface area contributed by atoms with E-state index >= 15 is 0 Å². The Morgan fingerprint density at radius 1 is 1.21 bits per heavy atom. The lowest BCUT2D eigenvalue weighted by Crippen LogP contribution is -2.54. The second kappa shape index (κ2) is 2.34. The van der Waals surface area contributed by atoms with Crippen LogP contribution in [-0.2, 0) is 4.79 Å². The number of carboxylic acids is 1. The summed E-state index contributed by atoms with van der Waals surface area (Å²) in [6.07, 6.45) is 6.32. The van der Waals surface area contributed by atoms with E-state index in [1.807, 2.05) is 0 Å². The molecule has 0 amide bonds. The van der Waals surface area contributed by atoms with Gasteiger partial charge in [0.05, 0.1) is 5.41 Å². The zero-order valence-electron chi connectivity index (χ0n) is 8.46. The van der Waals surface area contributed by atoms with Crippen molar-refractivity contribution < 1.29 is 9.90 Å². The molecule has 2 nitrogen and oxygen atoms in total. The lowest BCUT2D eigenvalue weighted by molar-refractivity contribution is -0.170. The van der Waals surface area contributed by atoms with Gasteiger partial charge < -0.3 is 5.11 Å². The summed E-state index contributed by atoms with van der Waals surface area (Å²) in [7, 11) is 0. The highest BCUT2D eigenvalue weighted by Crippen LogP contribution is 2.64. The van der Waals surface area contributed by atoms with Gasteiger partial charge in [-0.05, 0) is 62.7 Å². The molecular weight excluding hydrogens is 176 g/mol. The van der Waals surface area contributed by atoms with Crippen molar-refractivity contribution in [2.24, 2.45) is 22.7 Å². The van der Waals surface area contributed by atoms with Crippen LogP contribution in [0, 0.1) is 29.6 Å². The average Bonchev–Trinajstić information content (AvgIpc) is 1.98. The second-order valence-corrected chi connectivity index (χ2v) is 6.05. The Kier molecular flexibility index (Phi) is 1.46. The van der Waals surface area contributed by atoms with Gasteiger partial charge in [-0.25, -0.2) is 0 Å². The summed E-state index contributed by atoms with van der Waals surface area (Å²) < 4.78 is 0. The first kappa shape index (κ1) is 8.75. The van der Waals surface area contributed by atoms with Crippen LogP contribution in [0.4, 0.5) is 0 Å². The van der Waals surface area contributed by atoms with E-state index in [0.29, 0.717) is 11.8 Å². The highest BCUT2D eigenvalue weighted by atomic mass is 16.4. The molecule has 0 aromatic rings. The van der Waals surface area contributed by atoms with Gasteiger partial charge in [0, 0.05) is 0 Å². The molecule has 4 fully saturated rings. The Morgan fingerprint density at radius 3 is 2.21 bits per heavy atom. The molecule has 0 aromatic carbocycles. The van der Waals surface area contributed by atoms with Gasteiger partial charge in [-0.15, -0.1) is 0 Å². The highest BCUT2D eigenvalue weighted by molar-refractivity contribution is 5.75. The molecule has 1 radical (unpaired) electrons. The molecule has 14 heavy (non-hydrogen) atoms. The predicted molar refractivity (Wildman–Crippen MR) is 52.5 cm³/mol. The van der Waals surface area contributed by atoms with E-state index in [-0.39, 0.29) is 10.8 Å². The fourth-order valence-electron chi connectivity index (χ4n) is 4.70. The second-order valence-electron chi connectivity index (χ2n) is 6.05. The molecule has 0 saturated heterocycles. The maximum Gasteiger partial charge on any atom is 0.309 e. The number of rotatable bonds is 1. The largest absolute Gasteiger partial charge is 0.481 e. The average molecular weight is 193 g/mol. The van der Waals surface area contributed by atoms with Crippen LogP contribution in [0.5, 0.6) is 0 Å². The third kappa shape index (κ3) is 0.999. The molecule has 2 unspecified atom stereocenters. The van der Waals surface area contributed by atoms with Crippen molar-refractivity contribution in [3.05, 3.63) is 6.92 Å². The molecule has 77 valence electrons. The van der Waals surface area contributed by atoms with Gasteiger partial charge in [0.15, 0.2) is 0 Å². The number of carboxylic acid groups (broad SMARTS) is 1. The zero-order chi connectivity index (χ0) is 9.97. The standard InChI is InChI=1S/C12H17O2/c1-11-3-8-2-9(4-11)6-12(5-8,7-11)10(13)14/h8-9H,1-7H2,(H,13,14). The summed E-state index contributed by atoms with van der Waals surface area (Å²) in [5.41, 5.74) is -0.270. The number of aliphatic carboxylic acids is 1. The molecular formula is C12H17O2. The molecule has 2 atom stereocenters. The van der Waals surface area contributed by atoms with E-state index < -0.39 is 5.97 Å². The first-order valence-electron chi connectivity index (χ1n) is 5.60. The molecule has 2 heteroatoms. The van der Waals surface area contributed by atoms with Crippen molar-refractivity contribution >= 4 is 5.97 Å². The molecule has 4 aliphatic carbocycles. The summed E-state index contributed by atoms with van der Waals surface area (Å²) in [6, 6.07) is 0. The number of carbonyl (C=O) groups is 1. The Morgan fingerprint density at radius 2 is 1.79 bits per heavy atom. The molecule has 0 heterocycles. The molecule has 4 saturated carbocycles. The highest BCUT2D eigenvalue weighted by Gasteiger charge is 2.59. The van der Waals surface area contributed by atoms with Gasteiger partial charge in [-0.2, -0.15) is 0 Å². The molecule has 0 aromatic heterocycles. The van der Waals surface area contributed by atoms with Crippen molar-refractivity contribution in [2.75, 3.05) is 0 Å². The minimum absolute atomic E-state index is 0.114. The van der Waals surface area contributed by atoms with Crippen LogP contribution in [0.3, 0.4) is 0 Å². The van der Waals surface area contributed by atoms with Crippen molar-refractivity contribution in [2.45, 2.75) is 38.5 Å². The summed E-state index contributed by atoms with van der Waals surface area (Å²) in [6.45, 7) is 4.29. The summed E-state index contributed by atoms with van der Waals surface area (Å²) in [5.74, 6) is 0.759. The van der Waals surface area contributed by atoms with Crippen molar-refractivity contribution in [3.8, 4) is 0 Å². The summed E-state index contributed by atoms with van der Waals surface area (Å²) in [4.78, 5) is 11.4. The van der Waals surface area contributed by atoms with E-state index in [9.17, 15) is 9.90 Å². The minimum atomic E-state index is -0.556. The van der Waals surface area contributed by atoms with Crippen LogP contribution in [0.25, 0.3) is 0 Å². The van der Waals surface area contributed by atoms with Crippen LogP contribution < -0.4 is 0 Å². The fourth-order valence-corrected chi connectivity index (χ4v) is 4.70. The first-order valence-corrected chi connectivity index (χ1v) is 5.60. The van der Waals surface area contributed by atoms with Crippen molar-refractivity contribution in [3.63, 3.8) is 0 Å². The maximum atomic E-state index is 11.4. The van der Waals surface area contributed by atoms with Gasteiger partial charge in [-0.1, -0.05) is 0 Å². The van der Waals surface area contributed by atoms with Crippen molar-refractivity contribution in [1.29, 1.82) is 0 Å². The Hall–Kier alpha value is -0.530. The van der Waals surface area contributed by atoms with E-state index in [2.05, 4.69) is 6.92 Å². The van der Waals surface area contributed by atoms with Gasteiger partial charge >= 0.3 is 5.97 Å². The van der Waals surface area contributed by atoms with Crippen LogP contribution in [0.2, 0.25) is 0 Å². The Bertz CT molecular complexity index is 281. The Labute approximate surface area is 84.7 Å². The SMILES string of the molecule is [CH2]C12CC3CC(C1)CC(C(=O)O)(C3)C2. The molecule has 4 aliphatic rings. The van der Waals surface area contributed by atoms with E-state index in [1.54, 1.807) is 0 Å². The molecule has 4 bridgehead atoms. The topological polar surface area (TPSA) is 37.3 Å². The van der Waals surface area contributed by atoms with Gasteiger partial charge in [0.1, 0.15) is 0 Å². The lowest BCUT2D eigenvalue weighted by atomic mass is 9.45. The smallest absolute Gasteiger partial charge is 0.309 e. The van der Waals surface area contributed by atoms with Crippen LogP contribution in [-0.4, -0.2) is 11.1 Å². The lowest BCUT2D eigenvalue weighted by Gasteiger charge is -2.59. The number of hydrogen-bond donors (Lipinski definition) is 1. The van der Waals surface area contributed by atoms with E-state index in [0.717, 1.165) is 19.3 Å². The quantitative estimate of drug-likeness (QED) is 0.694. The van der Waals surface area contributed by atoms with Crippen LogP contribution >= 0.6 is 0 Å². The summed E-state index contributed by atoms with van der Waals surface area (Å²) in [5, 5.41) is 9.37. The maximum absolute atomic E-state index is 11.4. The van der Waals surface area contributed by atoms with Crippen molar-refractivity contribution in [1.82, 2.24) is 0 Å². The Balaban J connectivity index is 2.00.